The Morgan fingerprint density at radius 3 is 2.50 bits per heavy atom. The molecule has 20 heavy (non-hydrogen) atoms. The fraction of sp³-hybridized carbons (Fsp3) is 0.545. The van der Waals surface area contributed by atoms with Gasteiger partial charge in [-0.25, -0.2) is 0 Å². The first-order valence-corrected chi connectivity index (χ1v) is 6.32. The highest BCUT2D eigenvalue weighted by molar-refractivity contribution is 6.30. The second-order valence-electron chi connectivity index (χ2n) is 4.70. The van der Waals surface area contributed by atoms with Crippen LogP contribution >= 0.6 is 11.6 Å². The Labute approximate surface area is 118 Å². The van der Waals surface area contributed by atoms with Crippen molar-refractivity contribution >= 4 is 23.2 Å². The summed E-state index contributed by atoms with van der Waals surface area (Å²) in [4.78, 5) is 7.87. The van der Waals surface area contributed by atoms with Crippen molar-refractivity contribution in [3.63, 3.8) is 0 Å². The molecule has 0 saturated carbocycles. The minimum absolute atomic E-state index is 0.119. The summed E-state index contributed by atoms with van der Waals surface area (Å²) in [5, 5.41) is 6.43. The van der Waals surface area contributed by atoms with Crippen LogP contribution in [0.4, 0.5) is 19.0 Å². The summed E-state index contributed by atoms with van der Waals surface area (Å²) in [5.41, 5.74) is 0.473. The fourth-order valence-corrected chi connectivity index (χ4v) is 2.15. The summed E-state index contributed by atoms with van der Waals surface area (Å²) in [6, 6.07) is -1.74. The van der Waals surface area contributed by atoms with Crippen LogP contribution in [-0.4, -0.2) is 31.8 Å². The molecule has 0 aliphatic heterocycles. The number of hydrogen-bond donors (Lipinski definition) is 1. The molecule has 0 radical (unpaired) electrons. The van der Waals surface area contributed by atoms with Crippen molar-refractivity contribution in [2.24, 2.45) is 0 Å². The van der Waals surface area contributed by atoms with Crippen molar-refractivity contribution in [2.75, 3.05) is 5.32 Å². The molecule has 2 aromatic rings. The van der Waals surface area contributed by atoms with Crippen LogP contribution < -0.4 is 5.32 Å². The van der Waals surface area contributed by atoms with Crippen molar-refractivity contribution < 1.29 is 13.2 Å². The Morgan fingerprint density at radius 1 is 1.30 bits per heavy atom. The minimum atomic E-state index is -4.38. The van der Waals surface area contributed by atoms with Crippen LogP contribution in [0.15, 0.2) is 6.33 Å². The number of aromatic nitrogens is 4. The molecule has 0 fully saturated rings. The van der Waals surface area contributed by atoms with Gasteiger partial charge in [0.2, 0.25) is 0 Å². The Hall–Kier alpha value is -1.57. The van der Waals surface area contributed by atoms with Gasteiger partial charge in [-0.2, -0.15) is 32.8 Å². The molecule has 0 unspecified atom stereocenters. The van der Waals surface area contributed by atoms with Gasteiger partial charge in [-0.3, -0.25) is 0 Å². The number of nitrogens with one attached hydrogen (secondary N) is 1. The zero-order chi connectivity index (χ0) is 15.1. The van der Waals surface area contributed by atoms with Gasteiger partial charge in [0.1, 0.15) is 23.3 Å². The van der Waals surface area contributed by atoms with Gasteiger partial charge >= 0.3 is 6.18 Å². The van der Waals surface area contributed by atoms with Crippen molar-refractivity contribution in [2.45, 2.75) is 38.9 Å². The zero-order valence-electron chi connectivity index (χ0n) is 11.0. The van der Waals surface area contributed by atoms with Crippen LogP contribution in [0.2, 0.25) is 5.15 Å². The monoisotopic (exact) mass is 307 g/mol. The summed E-state index contributed by atoms with van der Waals surface area (Å²) < 4.78 is 39.4. The molecule has 2 heterocycles. The van der Waals surface area contributed by atoms with Crippen molar-refractivity contribution in [3.8, 4) is 0 Å². The third kappa shape index (κ3) is 2.65. The predicted molar refractivity (Wildman–Crippen MR) is 69.0 cm³/mol. The van der Waals surface area contributed by atoms with Gasteiger partial charge in [0.05, 0.1) is 0 Å². The molecule has 1 N–H and O–H groups in total. The van der Waals surface area contributed by atoms with Crippen LogP contribution in [0.3, 0.4) is 0 Å². The topological polar surface area (TPSA) is 55.1 Å². The van der Waals surface area contributed by atoms with E-state index < -0.39 is 12.2 Å². The highest BCUT2D eigenvalue weighted by atomic mass is 35.5. The van der Waals surface area contributed by atoms with E-state index in [9.17, 15) is 13.2 Å². The Morgan fingerprint density at radius 2 is 1.95 bits per heavy atom. The molecule has 0 bridgehead atoms. The van der Waals surface area contributed by atoms with Gasteiger partial charge in [-0.1, -0.05) is 25.4 Å². The lowest BCUT2D eigenvalue weighted by atomic mass is 10.1. The minimum Gasteiger partial charge on any atom is -0.358 e. The van der Waals surface area contributed by atoms with E-state index in [0.29, 0.717) is 5.56 Å². The summed E-state index contributed by atoms with van der Waals surface area (Å²) >= 11 is 6.04. The van der Waals surface area contributed by atoms with E-state index in [1.54, 1.807) is 0 Å². The summed E-state index contributed by atoms with van der Waals surface area (Å²) in [5.74, 6) is 0.195. The van der Waals surface area contributed by atoms with Crippen molar-refractivity contribution in [1.82, 2.24) is 19.6 Å². The number of hydrogen-bond acceptors (Lipinski definition) is 4. The first kappa shape index (κ1) is 14.8. The SMILES string of the molecule is CC(C)c1c(Cl)nc2ncnn2c1N[C@@H](C)C(F)(F)F. The first-order valence-electron chi connectivity index (χ1n) is 5.94. The number of nitrogens with zero attached hydrogens (tertiary/aromatic N) is 4. The van der Waals surface area contributed by atoms with Gasteiger partial charge in [0.15, 0.2) is 0 Å². The molecule has 1 atom stereocenters. The molecule has 0 amide bonds. The molecular formula is C11H13ClF3N5. The van der Waals surface area contributed by atoms with E-state index >= 15 is 0 Å². The van der Waals surface area contributed by atoms with E-state index in [-0.39, 0.29) is 22.7 Å². The smallest absolute Gasteiger partial charge is 0.358 e. The van der Waals surface area contributed by atoms with Crippen molar-refractivity contribution in [1.29, 1.82) is 0 Å². The molecule has 0 spiro atoms. The highest BCUT2D eigenvalue weighted by Gasteiger charge is 2.37. The highest BCUT2D eigenvalue weighted by Crippen LogP contribution is 2.32. The molecular weight excluding hydrogens is 295 g/mol. The van der Waals surface area contributed by atoms with Crippen LogP contribution in [-0.2, 0) is 0 Å². The third-order valence-corrected chi connectivity index (χ3v) is 3.13. The van der Waals surface area contributed by atoms with Gasteiger partial charge < -0.3 is 5.32 Å². The number of fused-ring (bicyclic) bond motifs is 1. The van der Waals surface area contributed by atoms with E-state index in [1.807, 2.05) is 13.8 Å². The average molecular weight is 308 g/mol. The number of alkyl halides is 3. The molecule has 0 aliphatic rings. The fourth-order valence-electron chi connectivity index (χ4n) is 1.77. The molecule has 110 valence electrons. The molecule has 0 aliphatic carbocycles. The predicted octanol–water partition coefficient (Wildman–Crippen LogP) is 3.26. The molecule has 9 heteroatoms. The maximum atomic E-state index is 12.7. The summed E-state index contributed by atoms with van der Waals surface area (Å²) in [7, 11) is 0. The zero-order valence-corrected chi connectivity index (χ0v) is 11.8. The second kappa shape index (κ2) is 5.08. The van der Waals surface area contributed by atoms with E-state index in [4.69, 9.17) is 11.6 Å². The van der Waals surface area contributed by atoms with Crippen LogP contribution in [0.25, 0.3) is 5.78 Å². The Balaban J connectivity index is 2.59. The normalized spacial score (nSPS) is 14.0. The lowest BCUT2D eigenvalue weighted by molar-refractivity contribution is -0.138. The molecule has 2 aromatic heterocycles. The summed E-state index contributed by atoms with van der Waals surface area (Å²) in [6.45, 7) is 4.66. The number of rotatable bonds is 3. The lowest BCUT2D eigenvalue weighted by Gasteiger charge is -2.22. The molecule has 2 rings (SSSR count). The maximum absolute atomic E-state index is 12.7. The van der Waals surface area contributed by atoms with Crippen LogP contribution in [0.5, 0.6) is 0 Å². The van der Waals surface area contributed by atoms with Gasteiger partial charge in [-0.15, -0.1) is 0 Å². The van der Waals surface area contributed by atoms with Crippen LogP contribution in [0, 0.1) is 0 Å². The van der Waals surface area contributed by atoms with Gasteiger partial charge in [0.25, 0.3) is 5.78 Å². The van der Waals surface area contributed by atoms with E-state index in [2.05, 4.69) is 20.4 Å². The number of halogens is 4. The average Bonchev–Trinajstić information content (AvgIpc) is 2.74. The third-order valence-electron chi connectivity index (χ3n) is 2.84. The van der Waals surface area contributed by atoms with Gasteiger partial charge in [-0.05, 0) is 12.8 Å². The second-order valence-corrected chi connectivity index (χ2v) is 5.06. The summed E-state index contributed by atoms with van der Waals surface area (Å²) in [6.07, 6.45) is -3.16. The largest absolute Gasteiger partial charge is 0.408 e. The van der Waals surface area contributed by atoms with Crippen LogP contribution in [0.1, 0.15) is 32.3 Å². The van der Waals surface area contributed by atoms with Crippen molar-refractivity contribution in [3.05, 3.63) is 17.0 Å². The number of anilines is 1. The van der Waals surface area contributed by atoms with E-state index in [0.717, 1.165) is 6.92 Å². The molecule has 5 nitrogen and oxygen atoms in total. The molecule has 0 saturated heterocycles. The van der Waals surface area contributed by atoms with Gasteiger partial charge in [0, 0.05) is 5.56 Å². The first-order chi connectivity index (χ1) is 9.21. The quantitative estimate of drug-likeness (QED) is 0.884. The van der Waals surface area contributed by atoms with E-state index in [1.165, 1.54) is 10.8 Å². The Kier molecular flexibility index (Phi) is 3.77. The standard InChI is InChI=1S/C11H13ClF3N5/c1-5(2)7-8(12)19-10-16-4-17-20(10)9(7)18-6(3)11(13,14)15/h4-6,18H,1-3H3/t6-/m0/s1. The molecule has 0 aromatic carbocycles. The lowest BCUT2D eigenvalue weighted by Crippen LogP contribution is -2.34. The Bertz CT molecular complexity index is 622. The maximum Gasteiger partial charge on any atom is 0.408 e.